The molecule has 3 heterocycles. The average molecular weight is 457 g/mol. The van der Waals surface area contributed by atoms with Crippen LogP contribution in [0.5, 0.6) is 0 Å². The molecule has 2 aromatic heterocycles. The van der Waals surface area contributed by atoms with Crippen LogP contribution < -0.4 is 5.32 Å². The van der Waals surface area contributed by atoms with E-state index in [9.17, 15) is 15.0 Å². The number of carbonyl (C=O) groups is 1. The summed E-state index contributed by atoms with van der Waals surface area (Å²) in [4.78, 5) is 24.9. The molecule has 1 amide bonds. The van der Waals surface area contributed by atoms with Crippen molar-refractivity contribution in [3.63, 3.8) is 0 Å². The molecule has 1 aliphatic rings. The summed E-state index contributed by atoms with van der Waals surface area (Å²) in [7, 11) is 0. The third-order valence-corrected chi connectivity index (χ3v) is 3.91. The number of imidazole rings is 1. The van der Waals surface area contributed by atoms with Gasteiger partial charge in [-0.05, 0) is 6.37 Å². The molecule has 1 aliphatic heterocycles. The molecule has 0 bridgehead atoms. The molecule has 0 spiro atoms. The highest BCUT2D eigenvalue weighted by Gasteiger charge is 2.36. The quantitative estimate of drug-likeness (QED) is 0.422. The van der Waals surface area contributed by atoms with Crippen LogP contribution in [0.4, 0.5) is 5.82 Å². The third kappa shape index (κ3) is 6.44. The van der Waals surface area contributed by atoms with Crippen molar-refractivity contribution in [1.82, 2.24) is 19.5 Å². The second kappa shape index (κ2) is 12.1. The van der Waals surface area contributed by atoms with Gasteiger partial charge in [-0.15, -0.1) is 0 Å². The van der Waals surface area contributed by atoms with Gasteiger partial charge in [0.1, 0.15) is 12.4 Å². The van der Waals surface area contributed by atoms with E-state index in [4.69, 9.17) is 36.3 Å². The number of ether oxygens (including phenoxy) is 1. The van der Waals surface area contributed by atoms with Gasteiger partial charge in [0.15, 0.2) is 23.2 Å². The number of nitrogens with one attached hydrogen (secondary N) is 1. The molecule has 9 heteroatoms. The van der Waals surface area contributed by atoms with E-state index in [0.717, 1.165) is 17.2 Å². The Labute approximate surface area is 215 Å². The van der Waals surface area contributed by atoms with Crippen molar-refractivity contribution in [3.05, 3.63) is 12.7 Å². The molecule has 0 aromatic carbocycles. The Morgan fingerprint density at radius 3 is 2.68 bits per heavy atom. The largest absolute Gasteiger partial charge is 0.394 e. The zero-order chi connectivity index (χ0) is 42.5. The number of fused-ring (bicyclic) bond motifs is 1. The lowest BCUT2D eigenvalue weighted by Gasteiger charge is -2.16. The molecule has 1 fully saturated rings. The average Bonchev–Trinajstić information content (AvgIpc) is 3.62. The molecule has 3 rings (SSSR count). The second-order valence-electron chi connectivity index (χ2n) is 5.88. The lowest BCUT2D eigenvalue weighted by Crippen LogP contribution is -2.19. The van der Waals surface area contributed by atoms with Gasteiger partial charge in [0.25, 0.3) is 0 Å². The second-order valence-corrected chi connectivity index (χ2v) is 5.88. The monoisotopic (exact) mass is 456 g/mol. The summed E-state index contributed by atoms with van der Waals surface area (Å²) in [5.41, 5.74) is -0.480. The Hall–Kier alpha value is -2.10. The first-order chi connectivity index (χ1) is 23.8. The first-order valence-corrected chi connectivity index (χ1v) is 8.74. The van der Waals surface area contributed by atoms with E-state index in [1.807, 2.05) is 5.32 Å². The van der Waals surface area contributed by atoms with Crippen LogP contribution in [0.15, 0.2) is 12.7 Å². The third-order valence-electron chi connectivity index (χ3n) is 3.91. The SMILES string of the molecule is [2H]C([2H])([2H])C([2H])([2H])C([2H])([2H])C([2H])([2H])C([2H])([2H])C([2H])([2H])C([2H])([2H])C([2H])([2H])C([2H])([2H])C([2H])([2H])C([2H])([2H])C(=O)Nc1ncnc2c1ncn2C1OC(CO)CC1O. The number of aliphatic hydroxyl groups is 2. The van der Waals surface area contributed by atoms with Crippen molar-refractivity contribution >= 4 is 22.9 Å². The van der Waals surface area contributed by atoms with Crippen LogP contribution in [-0.4, -0.2) is 54.5 Å². The summed E-state index contributed by atoms with van der Waals surface area (Å²) in [6, 6.07) is 0. The van der Waals surface area contributed by atoms with Crippen LogP contribution in [0.1, 0.15) is 115 Å². The smallest absolute Gasteiger partial charge is 0.225 e. The van der Waals surface area contributed by atoms with Gasteiger partial charge in [-0.3, -0.25) is 9.36 Å². The normalized spacial score (nSPS) is 37.1. The topological polar surface area (TPSA) is 122 Å². The molecule has 3 unspecified atom stereocenters. The van der Waals surface area contributed by atoms with E-state index in [1.165, 1.54) is 0 Å². The Morgan fingerprint density at radius 2 is 1.97 bits per heavy atom. The van der Waals surface area contributed by atoms with Crippen LogP contribution in [0, 0.1) is 0 Å². The minimum absolute atomic E-state index is 0.00830. The molecular weight excluding hydrogens is 398 g/mol. The maximum atomic E-state index is 13.3. The molecule has 9 nitrogen and oxygen atoms in total. The van der Waals surface area contributed by atoms with Crippen LogP contribution in [0.2, 0.25) is 0 Å². The summed E-state index contributed by atoms with van der Waals surface area (Å²) in [6.07, 6.45) is -47.8. The van der Waals surface area contributed by atoms with Gasteiger partial charge >= 0.3 is 0 Å². The number of aliphatic hydroxyl groups excluding tert-OH is 2. The van der Waals surface area contributed by atoms with Crippen LogP contribution in [-0.2, 0) is 9.53 Å². The fraction of sp³-hybridized carbons (Fsp3) is 0.727. The van der Waals surface area contributed by atoms with Crippen molar-refractivity contribution < 1.29 is 51.3 Å². The summed E-state index contributed by atoms with van der Waals surface area (Å²) in [5, 5.41) is 21.6. The van der Waals surface area contributed by atoms with E-state index in [0.29, 0.717) is 0 Å². The molecule has 3 N–H and O–H groups in total. The van der Waals surface area contributed by atoms with Gasteiger partial charge in [-0.1, -0.05) is 57.8 Å². The fourth-order valence-corrected chi connectivity index (χ4v) is 2.67. The van der Waals surface area contributed by atoms with E-state index in [1.54, 1.807) is 0 Å². The van der Waals surface area contributed by atoms with Crippen molar-refractivity contribution in [2.75, 3.05) is 11.9 Å². The van der Waals surface area contributed by atoms with Crippen LogP contribution >= 0.6 is 0 Å². The standard InChI is InChI=1S/C22H35N5O4/c1-2-3-4-5-6-7-8-9-10-11-18(30)26-20-19-21(24-14-23-20)27(15-25-19)22-17(29)12-16(13-28)31-22/h14-17,22,28-29H,2-13H2,1H3,(H,23,24,26,30)/i1D3,2D2,3D2,4D2,5D2,6D2,7D2,8D2,9D2,10D2,11D2. The minimum atomic E-state index is -4.88. The van der Waals surface area contributed by atoms with Gasteiger partial charge in [0.2, 0.25) is 5.91 Å². The Balaban J connectivity index is 2.04. The minimum Gasteiger partial charge on any atom is -0.394 e. The molecule has 0 saturated carbocycles. The maximum absolute atomic E-state index is 13.3. The van der Waals surface area contributed by atoms with Crippen LogP contribution in [0.3, 0.4) is 0 Å². The van der Waals surface area contributed by atoms with Gasteiger partial charge in [0, 0.05) is 44.3 Å². The summed E-state index contributed by atoms with van der Waals surface area (Å²) in [6.45, 7) is -4.48. The number of hydrogen-bond acceptors (Lipinski definition) is 7. The fourth-order valence-electron chi connectivity index (χ4n) is 2.67. The molecule has 0 radical (unpaired) electrons. The van der Waals surface area contributed by atoms with E-state index in [2.05, 4.69) is 15.0 Å². The lowest BCUT2D eigenvalue weighted by molar-refractivity contribution is -0.116. The predicted molar refractivity (Wildman–Crippen MR) is 117 cm³/mol. The van der Waals surface area contributed by atoms with Gasteiger partial charge in [-0.2, -0.15) is 0 Å². The first-order valence-electron chi connectivity index (χ1n) is 20.2. The number of rotatable bonds is 13. The zero-order valence-corrected chi connectivity index (χ0v) is 15.8. The number of anilines is 1. The molecule has 2 aromatic rings. The lowest BCUT2D eigenvalue weighted by atomic mass is 10.1. The summed E-state index contributed by atoms with van der Waals surface area (Å²) >= 11 is 0. The number of amides is 1. The van der Waals surface area contributed by atoms with Crippen LogP contribution in [0.25, 0.3) is 11.2 Å². The molecule has 172 valence electrons. The number of hydrogen-bond donors (Lipinski definition) is 3. The number of nitrogens with zero attached hydrogens (tertiary/aromatic N) is 4. The van der Waals surface area contributed by atoms with Crippen molar-refractivity contribution in [1.29, 1.82) is 0 Å². The maximum Gasteiger partial charge on any atom is 0.225 e. The van der Waals surface area contributed by atoms with Gasteiger partial charge in [-0.25, -0.2) is 15.0 Å². The highest BCUT2D eigenvalue weighted by atomic mass is 16.5. The molecule has 3 atom stereocenters. The van der Waals surface area contributed by atoms with E-state index < -0.39 is 107 Å². The summed E-state index contributed by atoms with van der Waals surface area (Å²) < 4.78 is 191. The molecule has 0 aliphatic carbocycles. The van der Waals surface area contributed by atoms with E-state index in [-0.39, 0.29) is 17.6 Å². The van der Waals surface area contributed by atoms with Crippen molar-refractivity contribution in [3.8, 4) is 0 Å². The molecule has 31 heavy (non-hydrogen) atoms. The van der Waals surface area contributed by atoms with E-state index >= 15 is 0 Å². The van der Waals surface area contributed by atoms with Gasteiger partial charge < -0.3 is 20.3 Å². The predicted octanol–water partition coefficient (Wildman–Crippen LogP) is 3.33. The van der Waals surface area contributed by atoms with Crippen molar-refractivity contribution in [2.45, 2.75) is 95.4 Å². The highest BCUT2D eigenvalue weighted by molar-refractivity contribution is 5.96. The molecular formula is C22H35N5O4. The number of aromatic nitrogens is 4. The van der Waals surface area contributed by atoms with Gasteiger partial charge in [0.05, 0.1) is 19.0 Å². The molecule has 1 saturated heterocycles. The number of carbonyl (C=O) groups excluding carboxylic acids is 1. The first kappa shape index (κ1) is 7.74. The highest BCUT2D eigenvalue weighted by Crippen LogP contribution is 2.31. The Bertz CT molecular complexity index is 1730. The summed E-state index contributed by atoms with van der Waals surface area (Å²) in [5.74, 6) is -2.75. The Kier molecular flexibility index (Phi) is 3.01. The Morgan fingerprint density at radius 1 is 1.23 bits per heavy atom. The zero-order valence-electron chi connectivity index (χ0n) is 38.8. The van der Waals surface area contributed by atoms with Crippen molar-refractivity contribution in [2.24, 2.45) is 0 Å².